The van der Waals surface area contributed by atoms with E-state index in [0.29, 0.717) is 13.0 Å². The van der Waals surface area contributed by atoms with Gasteiger partial charge in [0.15, 0.2) is 0 Å². The molecule has 1 aliphatic rings. The number of hydrogen-bond acceptors (Lipinski definition) is 2. The third-order valence-electron chi connectivity index (χ3n) is 2.52. The molecule has 2 unspecified atom stereocenters. The summed E-state index contributed by atoms with van der Waals surface area (Å²) in [6, 6.07) is 0. The fourth-order valence-electron chi connectivity index (χ4n) is 1.91. The zero-order valence-corrected chi connectivity index (χ0v) is 7.91. The quantitative estimate of drug-likeness (QED) is 0.672. The lowest BCUT2D eigenvalue weighted by Crippen LogP contribution is -2.29. The summed E-state index contributed by atoms with van der Waals surface area (Å²) in [7, 11) is 0. The SMILES string of the molecule is CC(C)C(C(=O)O)C1CNC(=O)C1. The van der Waals surface area contributed by atoms with Gasteiger partial charge in [0, 0.05) is 13.0 Å². The number of carbonyl (C=O) groups excluding carboxylic acids is 1. The Bertz CT molecular complexity index is 225. The number of carboxylic acids is 1. The van der Waals surface area contributed by atoms with Gasteiger partial charge in [-0.15, -0.1) is 0 Å². The molecule has 1 fully saturated rings. The van der Waals surface area contributed by atoms with Crippen LogP contribution in [0.2, 0.25) is 0 Å². The predicted molar refractivity (Wildman–Crippen MR) is 47.1 cm³/mol. The molecule has 1 rings (SSSR count). The number of carbonyl (C=O) groups is 2. The van der Waals surface area contributed by atoms with Gasteiger partial charge in [-0.1, -0.05) is 13.8 Å². The molecule has 1 saturated heterocycles. The van der Waals surface area contributed by atoms with Gasteiger partial charge in [0.2, 0.25) is 5.91 Å². The second-order valence-corrected chi connectivity index (χ2v) is 3.88. The first kappa shape index (κ1) is 10.0. The molecule has 4 nitrogen and oxygen atoms in total. The van der Waals surface area contributed by atoms with E-state index >= 15 is 0 Å². The Morgan fingerprint density at radius 3 is 2.54 bits per heavy atom. The lowest BCUT2D eigenvalue weighted by molar-refractivity contribution is -0.145. The van der Waals surface area contributed by atoms with E-state index in [9.17, 15) is 9.59 Å². The van der Waals surface area contributed by atoms with Crippen molar-refractivity contribution in [1.82, 2.24) is 5.32 Å². The lowest BCUT2D eigenvalue weighted by Gasteiger charge is -2.21. The maximum absolute atomic E-state index is 10.9. The third-order valence-corrected chi connectivity index (χ3v) is 2.52. The molecule has 13 heavy (non-hydrogen) atoms. The molecule has 2 atom stereocenters. The van der Waals surface area contributed by atoms with Gasteiger partial charge in [0.25, 0.3) is 0 Å². The molecule has 74 valence electrons. The highest BCUT2D eigenvalue weighted by atomic mass is 16.4. The van der Waals surface area contributed by atoms with E-state index in [1.807, 2.05) is 13.8 Å². The average molecular weight is 185 g/mol. The average Bonchev–Trinajstić information content (AvgIpc) is 2.34. The fourth-order valence-corrected chi connectivity index (χ4v) is 1.91. The van der Waals surface area contributed by atoms with Crippen LogP contribution in [0.15, 0.2) is 0 Å². The number of hydrogen-bond donors (Lipinski definition) is 2. The van der Waals surface area contributed by atoms with E-state index in [0.717, 1.165) is 0 Å². The molecule has 0 bridgehead atoms. The van der Waals surface area contributed by atoms with Crippen LogP contribution in [0.25, 0.3) is 0 Å². The van der Waals surface area contributed by atoms with Crippen molar-refractivity contribution in [1.29, 1.82) is 0 Å². The zero-order valence-electron chi connectivity index (χ0n) is 7.91. The zero-order chi connectivity index (χ0) is 10.0. The second-order valence-electron chi connectivity index (χ2n) is 3.88. The minimum Gasteiger partial charge on any atom is -0.481 e. The van der Waals surface area contributed by atoms with Crippen LogP contribution in [-0.2, 0) is 9.59 Å². The van der Waals surface area contributed by atoms with E-state index < -0.39 is 11.9 Å². The first-order valence-electron chi connectivity index (χ1n) is 4.52. The van der Waals surface area contributed by atoms with E-state index in [2.05, 4.69) is 5.32 Å². The van der Waals surface area contributed by atoms with Gasteiger partial charge in [-0.3, -0.25) is 9.59 Å². The Hall–Kier alpha value is -1.06. The molecule has 1 heterocycles. The maximum Gasteiger partial charge on any atom is 0.307 e. The van der Waals surface area contributed by atoms with E-state index in [-0.39, 0.29) is 17.7 Å². The third kappa shape index (κ3) is 2.20. The lowest BCUT2D eigenvalue weighted by atomic mass is 9.83. The molecule has 1 aliphatic heterocycles. The Morgan fingerprint density at radius 2 is 2.23 bits per heavy atom. The van der Waals surface area contributed by atoms with Crippen molar-refractivity contribution < 1.29 is 14.7 Å². The summed E-state index contributed by atoms with van der Waals surface area (Å²) in [4.78, 5) is 21.8. The topological polar surface area (TPSA) is 66.4 Å². The fraction of sp³-hybridized carbons (Fsp3) is 0.778. The first-order chi connectivity index (χ1) is 6.02. The van der Waals surface area contributed by atoms with Gasteiger partial charge in [0.1, 0.15) is 0 Å². The minimum absolute atomic E-state index is 0.0306. The Morgan fingerprint density at radius 1 is 1.62 bits per heavy atom. The smallest absolute Gasteiger partial charge is 0.307 e. The van der Waals surface area contributed by atoms with Crippen LogP contribution < -0.4 is 5.32 Å². The van der Waals surface area contributed by atoms with Crippen molar-refractivity contribution in [3.05, 3.63) is 0 Å². The molecule has 2 N–H and O–H groups in total. The molecule has 0 saturated carbocycles. The number of nitrogens with one attached hydrogen (secondary N) is 1. The molecule has 0 spiro atoms. The molecule has 1 amide bonds. The Kier molecular flexibility index (Phi) is 2.90. The summed E-state index contributed by atoms with van der Waals surface area (Å²) in [6.45, 7) is 4.26. The van der Waals surface area contributed by atoms with E-state index in [4.69, 9.17) is 5.11 Å². The van der Waals surface area contributed by atoms with Crippen LogP contribution in [0.4, 0.5) is 0 Å². The molecular formula is C9H15NO3. The van der Waals surface area contributed by atoms with Crippen molar-refractivity contribution >= 4 is 11.9 Å². The summed E-state index contributed by atoms with van der Waals surface area (Å²) in [5.74, 6) is -1.19. The molecule has 0 radical (unpaired) electrons. The summed E-state index contributed by atoms with van der Waals surface area (Å²) in [6.07, 6.45) is 0.356. The number of aliphatic carboxylic acids is 1. The van der Waals surface area contributed by atoms with Gasteiger partial charge in [-0.2, -0.15) is 0 Å². The molecule has 0 aromatic rings. The second kappa shape index (κ2) is 3.77. The molecular weight excluding hydrogens is 170 g/mol. The number of amides is 1. The highest BCUT2D eigenvalue weighted by molar-refractivity contribution is 5.80. The van der Waals surface area contributed by atoms with Crippen molar-refractivity contribution in [2.45, 2.75) is 20.3 Å². The minimum atomic E-state index is -0.795. The number of rotatable bonds is 3. The number of carboxylic acid groups (broad SMARTS) is 1. The Labute approximate surface area is 77.3 Å². The van der Waals surface area contributed by atoms with Crippen molar-refractivity contribution in [2.75, 3.05) is 6.54 Å². The summed E-state index contributed by atoms with van der Waals surface area (Å²) in [5.41, 5.74) is 0. The molecule has 0 aliphatic carbocycles. The van der Waals surface area contributed by atoms with Gasteiger partial charge >= 0.3 is 5.97 Å². The van der Waals surface area contributed by atoms with Crippen LogP contribution >= 0.6 is 0 Å². The van der Waals surface area contributed by atoms with Crippen LogP contribution in [0, 0.1) is 17.8 Å². The van der Waals surface area contributed by atoms with Crippen LogP contribution in [0.3, 0.4) is 0 Å². The van der Waals surface area contributed by atoms with Crippen LogP contribution in [-0.4, -0.2) is 23.5 Å². The van der Waals surface area contributed by atoms with Crippen molar-refractivity contribution in [2.24, 2.45) is 17.8 Å². The monoisotopic (exact) mass is 185 g/mol. The van der Waals surface area contributed by atoms with E-state index in [1.54, 1.807) is 0 Å². The first-order valence-corrected chi connectivity index (χ1v) is 4.52. The summed E-state index contributed by atoms with van der Waals surface area (Å²) in [5, 5.41) is 11.6. The highest BCUT2D eigenvalue weighted by Crippen LogP contribution is 2.26. The normalized spacial score (nSPS) is 24.5. The maximum atomic E-state index is 10.9. The van der Waals surface area contributed by atoms with Crippen LogP contribution in [0.5, 0.6) is 0 Å². The van der Waals surface area contributed by atoms with E-state index in [1.165, 1.54) is 0 Å². The summed E-state index contributed by atoms with van der Waals surface area (Å²) < 4.78 is 0. The predicted octanol–water partition coefficient (Wildman–Crippen LogP) is 0.479. The van der Waals surface area contributed by atoms with Gasteiger partial charge in [-0.25, -0.2) is 0 Å². The molecule has 0 aromatic heterocycles. The Balaban J connectivity index is 2.65. The largest absolute Gasteiger partial charge is 0.481 e. The molecule has 0 aromatic carbocycles. The van der Waals surface area contributed by atoms with Gasteiger partial charge < -0.3 is 10.4 Å². The van der Waals surface area contributed by atoms with Gasteiger partial charge in [0.05, 0.1) is 5.92 Å². The van der Waals surface area contributed by atoms with Crippen molar-refractivity contribution in [3.8, 4) is 0 Å². The van der Waals surface area contributed by atoms with Crippen LogP contribution in [0.1, 0.15) is 20.3 Å². The summed E-state index contributed by atoms with van der Waals surface area (Å²) >= 11 is 0. The van der Waals surface area contributed by atoms with Gasteiger partial charge in [-0.05, 0) is 11.8 Å². The standard InChI is InChI=1S/C9H15NO3/c1-5(2)8(9(12)13)6-3-7(11)10-4-6/h5-6,8H,3-4H2,1-2H3,(H,10,11)(H,12,13). The highest BCUT2D eigenvalue weighted by Gasteiger charge is 2.35. The molecule has 4 heteroatoms. The van der Waals surface area contributed by atoms with Crippen molar-refractivity contribution in [3.63, 3.8) is 0 Å².